The number of carbonyl (C=O) groups excluding carboxylic acids is 8. The number of hydrogen-bond acceptors (Lipinski definition) is 26. The molecule has 2 aliphatic rings. The van der Waals surface area contributed by atoms with Crippen LogP contribution in [0, 0.1) is 0 Å². The minimum absolute atomic E-state index is 0.168. The maximum absolute atomic E-state index is 13.2. The molecule has 0 aromatic carbocycles. The van der Waals surface area contributed by atoms with Crippen molar-refractivity contribution in [3.8, 4) is 0 Å². The molecular weight excluding hydrogens is 957 g/mol. The molecule has 4 heterocycles. The van der Waals surface area contributed by atoms with E-state index >= 15 is 0 Å². The highest BCUT2D eigenvalue weighted by atomic mass is 32.2. The molecule has 0 radical (unpaired) electrons. The van der Waals surface area contributed by atoms with Crippen molar-refractivity contribution in [1.29, 1.82) is 0 Å². The first kappa shape index (κ1) is 54.2. The van der Waals surface area contributed by atoms with Gasteiger partial charge in [0.1, 0.15) is 25.4 Å². The lowest BCUT2D eigenvalue weighted by Crippen LogP contribution is -2.62. The second-order valence-corrected chi connectivity index (χ2v) is 16.8. The lowest BCUT2D eigenvalue weighted by atomic mass is 9.97. The van der Waals surface area contributed by atoms with E-state index in [1.807, 2.05) is 0 Å². The van der Waals surface area contributed by atoms with Crippen LogP contribution < -0.4 is 22.5 Å². The summed E-state index contributed by atoms with van der Waals surface area (Å²) in [6.45, 7) is 7.07. The molecule has 0 amide bonds. The summed E-state index contributed by atoms with van der Waals surface area (Å²) in [6.07, 6.45) is -15.4. The quantitative estimate of drug-likeness (QED) is 0.0689. The number of aromatic nitrogens is 6. The molecule has 0 bridgehead atoms. The van der Waals surface area contributed by atoms with Crippen LogP contribution in [0.3, 0.4) is 0 Å². The van der Waals surface area contributed by atoms with Gasteiger partial charge in [0.25, 0.3) is 11.1 Å². The topological polar surface area (TPSA) is 364 Å². The first-order valence-electron chi connectivity index (χ1n) is 20.3. The highest BCUT2D eigenvalue weighted by Crippen LogP contribution is 2.35. The number of hydrogen-bond donors (Lipinski definition) is 2. The minimum atomic E-state index is -1.75. The predicted molar refractivity (Wildman–Crippen MR) is 223 cm³/mol. The largest absolute Gasteiger partial charge is 0.463 e. The molecule has 6 unspecified atom stereocenters. The molecule has 2 fully saturated rings. The standard InChI is InChI=1S/C38H48N6O22S2/c1-15(45)57-13-23-25(59-17(3)47)27(61-19(5)49)29(63-21(7)51)35(65-23)43-37(55)39-31(53)33(41-43)67-11-9-10-12-68-34-32(54)40-38(56)44(42-34)36-30(64-22(8)52)28(62-20(6)50)26(60-18(4)48)24(66-36)14-58-16(2)46/h23-30,35-36H,9-14H2,1-8H3,(H,39,53,55)(H,40,54,56)/t23?,24?,25-,26-,27?,28?,29?,30?,35-,36+/m1/s1. The molecule has 2 aromatic rings. The van der Waals surface area contributed by atoms with Crippen LogP contribution in [0.5, 0.6) is 0 Å². The average molecular weight is 1000 g/mol. The van der Waals surface area contributed by atoms with Crippen LogP contribution in [0.2, 0.25) is 0 Å². The lowest BCUT2D eigenvalue weighted by molar-refractivity contribution is -0.271. The first-order chi connectivity index (χ1) is 32.0. The number of carbonyl (C=O) groups is 8. The molecule has 0 spiro atoms. The summed E-state index contributed by atoms with van der Waals surface area (Å²) in [6, 6.07) is 0. The number of H-pyrrole nitrogens is 2. The van der Waals surface area contributed by atoms with Crippen molar-refractivity contribution in [2.75, 3.05) is 24.7 Å². The number of nitrogens with one attached hydrogen (secondary N) is 2. The van der Waals surface area contributed by atoms with Gasteiger partial charge >= 0.3 is 59.1 Å². The van der Waals surface area contributed by atoms with E-state index < -0.39 is 145 Å². The molecule has 68 heavy (non-hydrogen) atoms. The van der Waals surface area contributed by atoms with Crippen molar-refractivity contribution in [3.05, 3.63) is 41.7 Å². The van der Waals surface area contributed by atoms with E-state index in [-0.39, 0.29) is 21.6 Å². The van der Waals surface area contributed by atoms with Crippen LogP contribution in [0.15, 0.2) is 29.2 Å². The maximum Gasteiger partial charge on any atom is 0.347 e. The van der Waals surface area contributed by atoms with Gasteiger partial charge in [0.15, 0.2) is 59.1 Å². The SMILES string of the molecule is CC(=O)OCC1O[C@@H](n2nc(SCCCCSc3nn([C@H]4OC(COC(C)=O)[C@@H](OC(C)=O)C(OC(C)=O)C4OC(C)=O)c(=O)[nH]c3=O)c(=O)[nH]c2=O)C(OC(C)=O)C(OC(C)=O)[C@@H]1OC(C)=O. The van der Waals surface area contributed by atoms with Gasteiger partial charge in [-0.15, -0.1) is 0 Å². The summed E-state index contributed by atoms with van der Waals surface area (Å²) >= 11 is 1.76. The third kappa shape index (κ3) is 15.1. The van der Waals surface area contributed by atoms with Crippen LogP contribution in [0.1, 0.15) is 80.7 Å². The van der Waals surface area contributed by atoms with Crippen LogP contribution in [-0.2, 0) is 85.7 Å². The van der Waals surface area contributed by atoms with Gasteiger partial charge in [0, 0.05) is 55.4 Å². The zero-order chi connectivity index (χ0) is 50.6. The Morgan fingerprint density at radius 3 is 1.06 bits per heavy atom. The van der Waals surface area contributed by atoms with Gasteiger partial charge in [-0.2, -0.15) is 19.6 Å². The van der Waals surface area contributed by atoms with Gasteiger partial charge in [-0.25, -0.2) is 9.59 Å². The molecule has 2 aliphatic heterocycles. The van der Waals surface area contributed by atoms with Crippen LogP contribution in [-0.4, -0.2) is 151 Å². The molecule has 0 aliphatic carbocycles. The van der Waals surface area contributed by atoms with Crippen molar-refractivity contribution in [3.63, 3.8) is 0 Å². The van der Waals surface area contributed by atoms with E-state index in [1.54, 1.807) is 0 Å². The molecule has 4 rings (SSSR count). The van der Waals surface area contributed by atoms with E-state index in [0.717, 1.165) is 78.9 Å². The number of unbranched alkanes of at least 4 members (excludes halogenated alkanes) is 1. The Bertz CT molecular complexity index is 2300. The molecule has 374 valence electrons. The number of ether oxygens (including phenoxy) is 10. The third-order valence-corrected chi connectivity index (χ3v) is 11.1. The van der Waals surface area contributed by atoms with E-state index in [1.165, 1.54) is 0 Å². The monoisotopic (exact) mass is 1000 g/mol. The Hall–Kier alpha value is -6.40. The summed E-state index contributed by atoms with van der Waals surface area (Å²) in [5.41, 5.74) is -4.15. The molecule has 2 N–H and O–H groups in total. The third-order valence-electron chi connectivity index (χ3n) is 9.07. The smallest absolute Gasteiger partial charge is 0.347 e. The summed E-state index contributed by atoms with van der Waals surface area (Å²) < 4.78 is 55.7. The molecule has 28 nitrogen and oxygen atoms in total. The van der Waals surface area contributed by atoms with E-state index in [2.05, 4.69) is 20.2 Å². The van der Waals surface area contributed by atoms with Crippen LogP contribution in [0.4, 0.5) is 0 Å². The van der Waals surface area contributed by atoms with Crippen molar-refractivity contribution < 1.29 is 85.7 Å². The summed E-state index contributed by atoms with van der Waals surface area (Å²) in [5.74, 6) is -6.69. The van der Waals surface area contributed by atoms with E-state index in [0.29, 0.717) is 22.2 Å². The molecule has 10 atom stereocenters. The van der Waals surface area contributed by atoms with Crippen molar-refractivity contribution in [2.45, 2.75) is 140 Å². The Morgan fingerprint density at radius 2 is 0.765 bits per heavy atom. The molecular formula is C38H48N6O22S2. The van der Waals surface area contributed by atoms with Crippen LogP contribution in [0.25, 0.3) is 0 Å². The highest BCUT2D eigenvalue weighted by Gasteiger charge is 2.55. The van der Waals surface area contributed by atoms with Gasteiger partial charge in [-0.1, -0.05) is 23.5 Å². The molecule has 30 heteroatoms. The molecule has 0 saturated carbocycles. The minimum Gasteiger partial charge on any atom is -0.463 e. The average Bonchev–Trinajstić information content (AvgIpc) is 3.21. The first-order valence-corrected chi connectivity index (χ1v) is 22.3. The fourth-order valence-electron chi connectivity index (χ4n) is 6.67. The van der Waals surface area contributed by atoms with Gasteiger partial charge in [-0.05, 0) is 24.3 Å². The van der Waals surface area contributed by atoms with Crippen molar-refractivity contribution in [2.24, 2.45) is 0 Å². The Kier molecular flexibility index (Phi) is 19.6. The summed E-state index contributed by atoms with van der Waals surface area (Å²) in [4.78, 5) is 153. The second kappa shape index (κ2) is 24.6. The number of rotatable bonds is 19. The van der Waals surface area contributed by atoms with E-state index in [4.69, 9.17) is 47.4 Å². The lowest BCUT2D eigenvalue weighted by Gasteiger charge is -2.44. The number of aromatic amines is 2. The number of thioether (sulfide) groups is 2. The Morgan fingerprint density at radius 1 is 0.471 bits per heavy atom. The van der Waals surface area contributed by atoms with Crippen molar-refractivity contribution >= 4 is 71.3 Å². The fourth-order valence-corrected chi connectivity index (χ4v) is 8.41. The van der Waals surface area contributed by atoms with Crippen LogP contribution >= 0.6 is 23.5 Å². The number of esters is 8. The zero-order valence-corrected chi connectivity index (χ0v) is 39.2. The maximum atomic E-state index is 13.2. The normalized spacial score (nSPS) is 24.4. The predicted octanol–water partition coefficient (Wildman–Crippen LogP) is -1.65. The van der Waals surface area contributed by atoms with Gasteiger partial charge in [0.05, 0.1) is 0 Å². The Labute approximate surface area is 391 Å². The Balaban J connectivity index is 1.56. The van der Waals surface area contributed by atoms with Crippen molar-refractivity contribution in [1.82, 2.24) is 29.5 Å². The molecule has 2 aromatic heterocycles. The van der Waals surface area contributed by atoms with Gasteiger partial charge < -0.3 is 47.4 Å². The van der Waals surface area contributed by atoms with Gasteiger partial charge in [-0.3, -0.25) is 57.9 Å². The molecule has 2 saturated heterocycles. The van der Waals surface area contributed by atoms with E-state index in [9.17, 15) is 57.5 Å². The second-order valence-electron chi connectivity index (χ2n) is 14.6. The zero-order valence-electron chi connectivity index (χ0n) is 37.6. The fraction of sp³-hybridized carbons (Fsp3) is 0.632. The number of nitrogens with zero attached hydrogens (tertiary/aromatic N) is 4. The summed E-state index contributed by atoms with van der Waals surface area (Å²) in [5, 5.41) is 7.74. The van der Waals surface area contributed by atoms with Gasteiger partial charge in [0.2, 0.25) is 0 Å². The highest BCUT2D eigenvalue weighted by molar-refractivity contribution is 7.99. The summed E-state index contributed by atoms with van der Waals surface area (Å²) in [7, 11) is 0.